The normalized spacial score (nSPS) is 12.4. The number of carbonyl (C=O) groups is 1. The van der Waals surface area contributed by atoms with Crippen LogP contribution in [0.25, 0.3) is 10.9 Å². The summed E-state index contributed by atoms with van der Waals surface area (Å²) in [4.78, 5) is 21.3. The van der Waals surface area contributed by atoms with Crippen LogP contribution >= 0.6 is 0 Å². The fourth-order valence-electron chi connectivity index (χ4n) is 3.42. The summed E-state index contributed by atoms with van der Waals surface area (Å²) in [6, 6.07) is 16.0. The molecule has 0 fully saturated rings. The van der Waals surface area contributed by atoms with Crippen LogP contribution in [-0.2, 0) is 6.18 Å². The van der Waals surface area contributed by atoms with E-state index in [1.165, 1.54) is 19.4 Å². The minimum Gasteiger partial charge on any atom is -0.497 e. The van der Waals surface area contributed by atoms with Crippen LogP contribution in [0.2, 0.25) is 0 Å². The zero-order chi connectivity index (χ0) is 22.7. The zero-order valence-corrected chi connectivity index (χ0v) is 16.9. The van der Waals surface area contributed by atoms with E-state index in [0.717, 1.165) is 11.5 Å². The summed E-state index contributed by atoms with van der Waals surface area (Å²) < 4.78 is 46.2. The number of nitrogens with zero attached hydrogens (tertiary/aromatic N) is 2. The summed E-state index contributed by atoms with van der Waals surface area (Å²) in [6.07, 6.45) is -1.76. The summed E-state index contributed by atoms with van der Waals surface area (Å²) in [5, 5.41) is 3.56. The molecule has 2 aromatic heterocycles. The predicted molar refractivity (Wildman–Crippen MR) is 113 cm³/mol. The second-order valence-corrected chi connectivity index (χ2v) is 7.02. The molecular weight excluding hydrogens is 419 g/mol. The van der Waals surface area contributed by atoms with Gasteiger partial charge < -0.3 is 10.1 Å². The van der Waals surface area contributed by atoms with Crippen molar-refractivity contribution in [3.63, 3.8) is 0 Å². The lowest BCUT2D eigenvalue weighted by Crippen LogP contribution is -2.31. The topological polar surface area (TPSA) is 64.1 Å². The molecule has 0 aliphatic heterocycles. The van der Waals surface area contributed by atoms with E-state index >= 15 is 0 Å². The number of rotatable bonds is 5. The van der Waals surface area contributed by atoms with Gasteiger partial charge in [0.05, 0.1) is 29.9 Å². The standard InChI is InChI=1S/C24H18F3N3O2/c1-32-18-10-8-16(9-11-18)21(22-19(24(25,26)27)5-3-13-29-22)30-23(31)17-7-6-15-4-2-12-28-20(15)14-17/h2-14,21H,1H3,(H,30,31)/t21-/m0/s1. The number of alkyl halides is 3. The number of benzene rings is 2. The van der Waals surface area contributed by atoms with Gasteiger partial charge >= 0.3 is 6.18 Å². The maximum absolute atomic E-state index is 13.7. The molecule has 0 saturated heterocycles. The van der Waals surface area contributed by atoms with Crippen LogP contribution in [0.3, 0.4) is 0 Å². The highest BCUT2D eigenvalue weighted by atomic mass is 19.4. The van der Waals surface area contributed by atoms with Crippen LogP contribution in [0.5, 0.6) is 5.75 Å². The molecule has 0 saturated carbocycles. The van der Waals surface area contributed by atoms with Crippen LogP contribution in [0.4, 0.5) is 13.2 Å². The zero-order valence-electron chi connectivity index (χ0n) is 16.9. The first-order valence-corrected chi connectivity index (χ1v) is 9.68. The van der Waals surface area contributed by atoms with Crippen molar-refractivity contribution in [3.05, 3.63) is 102 Å². The van der Waals surface area contributed by atoms with Crippen molar-refractivity contribution < 1.29 is 22.7 Å². The lowest BCUT2D eigenvalue weighted by atomic mass is 9.98. The van der Waals surface area contributed by atoms with Gasteiger partial charge in [0.15, 0.2) is 0 Å². The Hall–Kier alpha value is -3.94. The van der Waals surface area contributed by atoms with Gasteiger partial charge in [-0.05, 0) is 48.0 Å². The molecule has 5 nitrogen and oxygen atoms in total. The van der Waals surface area contributed by atoms with Crippen LogP contribution < -0.4 is 10.1 Å². The molecule has 0 unspecified atom stereocenters. The first-order valence-electron chi connectivity index (χ1n) is 9.68. The molecule has 32 heavy (non-hydrogen) atoms. The van der Waals surface area contributed by atoms with Crippen LogP contribution in [0.15, 0.2) is 79.1 Å². The van der Waals surface area contributed by atoms with Gasteiger partial charge in [0, 0.05) is 23.3 Å². The molecule has 0 aliphatic carbocycles. The van der Waals surface area contributed by atoms with Crippen LogP contribution in [0, 0.1) is 0 Å². The van der Waals surface area contributed by atoms with E-state index in [-0.39, 0.29) is 11.3 Å². The van der Waals surface area contributed by atoms with Crippen molar-refractivity contribution in [1.29, 1.82) is 0 Å². The first kappa shape index (κ1) is 21.3. The number of ether oxygens (including phenoxy) is 1. The smallest absolute Gasteiger partial charge is 0.418 e. The lowest BCUT2D eigenvalue weighted by molar-refractivity contribution is -0.138. The third-order valence-corrected chi connectivity index (χ3v) is 5.01. The highest BCUT2D eigenvalue weighted by Gasteiger charge is 2.37. The molecular formula is C24H18F3N3O2. The largest absolute Gasteiger partial charge is 0.497 e. The number of hydrogen-bond acceptors (Lipinski definition) is 4. The van der Waals surface area contributed by atoms with Gasteiger partial charge in [-0.25, -0.2) is 0 Å². The van der Waals surface area contributed by atoms with Crippen LogP contribution in [-0.4, -0.2) is 23.0 Å². The van der Waals surface area contributed by atoms with E-state index in [1.54, 1.807) is 54.7 Å². The van der Waals surface area contributed by atoms with E-state index in [2.05, 4.69) is 15.3 Å². The van der Waals surface area contributed by atoms with E-state index < -0.39 is 23.7 Å². The minimum absolute atomic E-state index is 0.277. The number of hydrogen-bond donors (Lipinski definition) is 1. The predicted octanol–water partition coefficient (Wildman–Crippen LogP) is 5.18. The average molecular weight is 437 g/mol. The van der Waals surface area contributed by atoms with Crippen LogP contribution in [0.1, 0.15) is 33.2 Å². The number of amides is 1. The fourth-order valence-corrected chi connectivity index (χ4v) is 3.42. The maximum atomic E-state index is 13.7. The van der Waals surface area contributed by atoms with Crippen molar-refractivity contribution in [2.45, 2.75) is 12.2 Å². The lowest BCUT2D eigenvalue weighted by Gasteiger charge is -2.22. The van der Waals surface area contributed by atoms with Gasteiger partial charge in [-0.1, -0.05) is 24.3 Å². The summed E-state index contributed by atoms with van der Waals surface area (Å²) in [7, 11) is 1.49. The molecule has 162 valence electrons. The van der Waals surface area contributed by atoms with Gasteiger partial charge in [-0.2, -0.15) is 13.2 Å². The molecule has 0 radical (unpaired) electrons. The highest BCUT2D eigenvalue weighted by Crippen LogP contribution is 2.36. The number of fused-ring (bicyclic) bond motifs is 1. The molecule has 1 N–H and O–H groups in total. The molecule has 8 heteroatoms. The van der Waals surface area contributed by atoms with E-state index in [4.69, 9.17) is 4.74 Å². The molecule has 0 aliphatic rings. The van der Waals surface area contributed by atoms with Crippen molar-refractivity contribution in [1.82, 2.24) is 15.3 Å². The molecule has 2 heterocycles. The van der Waals surface area contributed by atoms with Crippen molar-refractivity contribution >= 4 is 16.8 Å². The molecule has 4 rings (SSSR count). The van der Waals surface area contributed by atoms with E-state index in [1.807, 2.05) is 6.07 Å². The van der Waals surface area contributed by atoms with Crippen molar-refractivity contribution in [2.24, 2.45) is 0 Å². The number of pyridine rings is 2. The Balaban J connectivity index is 1.76. The number of carbonyl (C=O) groups excluding carboxylic acids is 1. The summed E-state index contributed by atoms with van der Waals surface area (Å²) in [5.41, 5.74) is 0.107. The Morgan fingerprint density at radius 3 is 2.41 bits per heavy atom. The molecule has 0 bridgehead atoms. The number of nitrogens with one attached hydrogen (secondary N) is 1. The summed E-state index contributed by atoms with van der Waals surface area (Å²) in [6.45, 7) is 0. The van der Waals surface area contributed by atoms with Gasteiger partial charge in [-0.15, -0.1) is 0 Å². The minimum atomic E-state index is -4.63. The van der Waals surface area contributed by atoms with E-state index in [9.17, 15) is 18.0 Å². The molecule has 2 aromatic carbocycles. The Bertz CT molecular complexity index is 1260. The fraction of sp³-hybridized carbons (Fsp3) is 0.125. The maximum Gasteiger partial charge on any atom is 0.418 e. The van der Waals surface area contributed by atoms with Gasteiger partial charge in [-0.3, -0.25) is 14.8 Å². The monoisotopic (exact) mass is 437 g/mol. The third kappa shape index (κ3) is 4.39. The average Bonchev–Trinajstić information content (AvgIpc) is 2.81. The quantitative estimate of drug-likeness (QED) is 0.468. The third-order valence-electron chi connectivity index (χ3n) is 5.01. The Kier molecular flexibility index (Phi) is 5.77. The van der Waals surface area contributed by atoms with Gasteiger partial charge in [0.25, 0.3) is 5.91 Å². The highest BCUT2D eigenvalue weighted by molar-refractivity contribution is 5.98. The van der Waals surface area contributed by atoms with Crippen molar-refractivity contribution in [2.75, 3.05) is 7.11 Å². The Morgan fingerprint density at radius 2 is 1.69 bits per heavy atom. The Morgan fingerprint density at radius 1 is 0.969 bits per heavy atom. The molecule has 1 amide bonds. The van der Waals surface area contributed by atoms with E-state index in [0.29, 0.717) is 16.8 Å². The van der Waals surface area contributed by atoms with Gasteiger partial charge in [0.1, 0.15) is 5.75 Å². The SMILES string of the molecule is COc1ccc([C@H](NC(=O)c2ccc3cccnc3c2)c2ncccc2C(F)(F)F)cc1. The second-order valence-electron chi connectivity index (χ2n) is 7.02. The molecule has 4 aromatic rings. The number of methoxy groups -OCH3 is 1. The second kappa shape index (κ2) is 8.66. The molecule has 0 spiro atoms. The van der Waals surface area contributed by atoms with Crippen molar-refractivity contribution in [3.8, 4) is 5.75 Å². The number of aromatic nitrogens is 2. The Labute approximate surface area is 181 Å². The number of halogens is 3. The first-order chi connectivity index (χ1) is 15.4. The summed E-state index contributed by atoms with van der Waals surface area (Å²) in [5.74, 6) is -0.00588. The molecule has 1 atom stereocenters. The van der Waals surface area contributed by atoms with Gasteiger partial charge in [0.2, 0.25) is 0 Å². The summed E-state index contributed by atoms with van der Waals surface area (Å²) >= 11 is 0.